The van der Waals surface area contributed by atoms with Crippen molar-refractivity contribution in [1.29, 1.82) is 0 Å². The maximum absolute atomic E-state index is 12.9. The summed E-state index contributed by atoms with van der Waals surface area (Å²) in [6, 6.07) is 14.0. The number of nitrogens with zero attached hydrogens (tertiary/aromatic N) is 3. The molecular formula is C20H21FN4O. The lowest BCUT2D eigenvalue weighted by Crippen LogP contribution is -2.33. The van der Waals surface area contributed by atoms with Gasteiger partial charge in [0.2, 0.25) is 0 Å². The molecule has 2 aromatic carbocycles. The standard InChI is InChI=1S/C20H21FN4O/c1-15(5-6-16-7-9-19(21)10-8-16)24-20(26)18-4-2-3-17(11-18)12-25-14-22-13-23-25/h2-4,7-11,13-15H,5-6,12H2,1H3,(H,24,26). The van der Waals surface area contributed by atoms with Crippen LogP contribution in [-0.2, 0) is 13.0 Å². The molecule has 0 aliphatic carbocycles. The van der Waals surface area contributed by atoms with Gasteiger partial charge in [-0.1, -0.05) is 24.3 Å². The number of nitrogens with one attached hydrogen (secondary N) is 1. The third-order valence-corrected chi connectivity index (χ3v) is 4.16. The lowest BCUT2D eigenvalue weighted by molar-refractivity contribution is 0.0938. The number of aromatic nitrogens is 3. The molecule has 1 unspecified atom stereocenters. The number of hydrogen-bond donors (Lipinski definition) is 1. The summed E-state index contributed by atoms with van der Waals surface area (Å²) in [4.78, 5) is 16.4. The predicted octanol–water partition coefficient (Wildman–Crippen LogP) is 3.22. The van der Waals surface area contributed by atoms with Gasteiger partial charge < -0.3 is 5.32 Å². The zero-order valence-corrected chi connectivity index (χ0v) is 14.6. The molecule has 0 saturated heterocycles. The van der Waals surface area contributed by atoms with Crippen LogP contribution >= 0.6 is 0 Å². The average molecular weight is 352 g/mol. The highest BCUT2D eigenvalue weighted by atomic mass is 19.1. The molecule has 1 N–H and O–H groups in total. The highest BCUT2D eigenvalue weighted by Gasteiger charge is 2.11. The van der Waals surface area contributed by atoms with Crippen LogP contribution < -0.4 is 5.32 Å². The van der Waals surface area contributed by atoms with Crippen molar-refractivity contribution in [3.63, 3.8) is 0 Å². The Morgan fingerprint density at radius 2 is 2.00 bits per heavy atom. The molecule has 0 saturated carbocycles. The monoisotopic (exact) mass is 352 g/mol. The number of halogens is 1. The molecule has 0 fully saturated rings. The second-order valence-electron chi connectivity index (χ2n) is 6.33. The van der Waals surface area contributed by atoms with E-state index in [1.165, 1.54) is 18.5 Å². The van der Waals surface area contributed by atoms with E-state index in [1.54, 1.807) is 29.2 Å². The smallest absolute Gasteiger partial charge is 0.251 e. The molecule has 1 heterocycles. The van der Waals surface area contributed by atoms with Crippen molar-refractivity contribution < 1.29 is 9.18 Å². The van der Waals surface area contributed by atoms with Gasteiger partial charge in [0, 0.05) is 11.6 Å². The van der Waals surface area contributed by atoms with E-state index in [4.69, 9.17) is 0 Å². The van der Waals surface area contributed by atoms with Crippen LogP contribution in [0.5, 0.6) is 0 Å². The molecular weight excluding hydrogens is 331 g/mol. The fourth-order valence-corrected chi connectivity index (χ4v) is 2.73. The molecule has 0 aliphatic rings. The van der Waals surface area contributed by atoms with Gasteiger partial charge in [0.05, 0.1) is 6.54 Å². The minimum absolute atomic E-state index is 0.0199. The maximum atomic E-state index is 12.9. The summed E-state index contributed by atoms with van der Waals surface area (Å²) in [5, 5.41) is 7.09. The summed E-state index contributed by atoms with van der Waals surface area (Å²) in [6.07, 6.45) is 4.70. The third-order valence-electron chi connectivity index (χ3n) is 4.16. The van der Waals surface area contributed by atoms with Crippen LogP contribution in [0, 0.1) is 5.82 Å². The van der Waals surface area contributed by atoms with Gasteiger partial charge in [-0.2, -0.15) is 5.10 Å². The third kappa shape index (κ3) is 4.99. The second-order valence-corrected chi connectivity index (χ2v) is 6.33. The Balaban J connectivity index is 1.54. The summed E-state index contributed by atoms with van der Waals surface area (Å²) >= 11 is 0. The number of benzene rings is 2. The van der Waals surface area contributed by atoms with Crippen molar-refractivity contribution in [2.24, 2.45) is 0 Å². The van der Waals surface area contributed by atoms with Gasteiger partial charge in [0.25, 0.3) is 5.91 Å². The molecule has 0 aliphatic heterocycles. The topological polar surface area (TPSA) is 59.8 Å². The number of hydrogen-bond acceptors (Lipinski definition) is 3. The number of aryl methyl sites for hydroxylation is 1. The Bertz CT molecular complexity index is 847. The number of carbonyl (C=O) groups is 1. The van der Waals surface area contributed by atoms with Gasteiger partial charge in [-0.15, -0.1) is 0 Å². The van der Waals surface area contributed by atoms with Crippen molar-refractivity contribution >= 4 is 5.91 Å². The first-order chi connectivity index (χ1) is 12.6. The zero-order chi connectivity index (χ0) is 18.4. The van der Waals surface area contributed by atoms with Gasteiger partial charge in [-0.3, -0.25) is 4.79 Å². The van der Waals surface area contributed by atoms with E-state index < -0.39 is 0 Å². The minimum Gasteiger partial charge on any atom is -0.350 e. The van der Waals surface area contributed by atoms with Crippen molar-refractivity contribution in [2.75, 3.05) is 0 Å². The maximum Gasteiger partial charge on any atom is 0.251 e. The fraction of sp³-hybridized carbons (Fsp3) is 0.250. The number of rotatable bonds is 7. The second kappa shape index (κ2) is 8.38. The first-order valence-corrected chi connectivity index (χ1v) is 8.57. The van der Waals surface area contributed by atoms with Crippen molar-refractivity contribution in [3.8, 4) is 0 Å². The summed E-state index contributed by atoms with van der Waals surface area (Å²) in [6.45, 7) is 2.54. The van der Waals surface area contributed by atoms with E-state index in [0.29, 0.717) is 12.1 Å². The van der Waals surface area contributed by atoms with E-state index in [-0.39, 0.29) is 17.8 Å². The van der Waals surface area contributed by atoms with E-state index in [0.717, 1.165) is 24.0 Å². The van der Waals surface area contributed by atoms with Gasteiger partial charge in [-0.05, 0) is 55.2 Å². The first kappa shape index (κ1) is 17.8. The molecule has 0 spiro atoms. The highest BCUT2D eigenvalue weighted by molar-refractivity contribution is 5.94. The Labute approximate surface area is 151 Å². The molecule has 3 aromatic rings. The van der Waals surface area contributed by atoms with Gasteiger partial charge in [0.1, 0.15) is 18.5 Å². The van der Waals surface area contributed by atoms with E-state index in [2.05, 4.69) is 15.4 Å². The van der Waals surface area contributed by atoms with Crippen LogP contribution in [0.2, 0.25) is 0 Å². The minimum atomic E-state index is -0.235. The Morgan fingerprint density at radius 1 is 1.19 bits per heavy atom. The van der Waals surface area contributed by atoms with Crippen LogP contribution in [0.3, 0.4) is 0 Å². The molecule has 5 nitrogen and oxygen atoms in total. The molecule has 134 valence electrons. The Morgan fingerprint density at radius 3 is 2.73 bits per heavy atom. The van der Waals surface area contributed by atoms with Crippen LogP contribution in [0.4, 0.5) is 4.39 Å². The molecule has 1 atom stereocenters. The molecule has 0 bridgehead atoms. The zero-order valence-electron chi connectivity index (χ0n) is 14.6. The van der Waals surface area contributed by atoms with Crippen LogP contribution in [0.25, 0.3) is 0 Å². The van der Waals surface area contributed by atoms with Crippen molar-refractivity contribution in [2.45, 2.75) is 32.4 Å². The summed E-state index contributed by atoms with van der Waals surface area (Å²) in [7, 11) is 0. The van der Waals surface area contributed by atoms with Gasteiger partial charge in [-0.25, -0.2) is 14.1 Å². The SMILES string of the molecule is CC(CCc1ccc(F)cc1)NC(=O)c1cccc(Cn2cncn2)c1. The molecule has 3 rings (SSSR count). The molecule has 1 aromatic heterocycles. The fourth-order valence-electron chi connectivity index (χ4n) is 2.73. The van der Waals surface area contributed by atoms with E-state index in [1.807, 2.05) is 25.1 Å². The highest BCUT2D eigenvalue weighted by Crippen LogP contribution is 2.10. The van der Waals surface area contributed by atoms with Crippen LogP contribution in [-0.4, -0.2) is 26.7 Å². The number of carbonyl (C=O) groups excluding carboxylic acids is 1. The number of amides is 1. The first-order valence-electron chi connectivity index (χ1n) is 8.57. The Kier molecular flexibility index (Phi) is 5.73. The molecule has 0 radical (unpaired) electrons. The summed E-state index contributed by atoms with van der Waals surface area (Å²) in [5.74, 6) is -0.335. The quantitative estimate of drug-likeness (QED) is 0.710. The lowest BCUT2D eigenvalue weighted by atomic mass is 10.1. The van der Waals surface area contributed by atoms with Crippen molar-refractivity contribution in [3.05, 3.63) is 83.7 Å². The predicted molar refractivity (Wildman–Crippen MR) is 97.2 cm³/mol. The van der Waals surface area contributed by atoms with Crippen molar-refractivity contribution in [1.82, 2.24) is 20.1 Å². The van der Waals surface area contributed by atoms with E-state index in [9.17, 15) is 9.18 Å². The average Bonchev–Trinajstić information content (AvgIpc) is 3.14. The molecule has 6 heteroatoms. The van der Waals surface area contributed by atoms with Gasteiger partial charge >= 0.3 is 0 Å². The molecule has 26 heavy (non-hydrogen) atoms. The van der Waals surface area contributed by atoms with Crippen LogP contribution in [0.1, 0.15) is 34.8 Å². The normalized spacial score (nSPS) is 11.9. The van der Waals surface area contributed by atoms with Gasteiger partial charge in [0.15, 0.2) is 0 Å². The Hall–Kier alpha value is -3.02. The summed E-state index contributed by atoms with van der Waals surface area (Å²) < 4.78 is 14.6. The van der Waals surface area contributed by atoms with E-state index >= 15 is 0 Å². The van der Waals surface area contributed by atoms with Crippen LogP contribution in [0.15, 0.2) is 61.2 Å². The molecule has 1 amide bonds. The lowest BCUT2D eigenvalue weighted by Gasteiger charge is -2.14. The summed E-state index contributed by atoms with van der Waals surface area (Å²) in [5.41, 5.74) is 2.67. The largest absolute Gasteiger partial charge is 0.350 e.